The molecule has 5 heteroatoms. The van der Waals surface area contributed by atoms with Gasteiger partial charge in [-0.3, -0.25) is 4.18 Å². The van der Waals surface area contributed by atoms with Crippen molar-refractivity contribution >= 4 is 10.1 Å². The zero-order valence-corrected chi connectivity index (χ0v) is 8.84. The average molecular weight is 208 g/mol. The van der Waals surface area contributed by atoms with Crippen LogP contribution in [0, 0.1) is 5.92 Å². The van der Waals surface area contributed by atoms with Gasteiger partial charge in [-0.1, -0.05) is 13.3 Å². The van der Waals surface area contributed by atoms with Crippen LogP contribution >= 0.6 is 0 Å². The Kier molecular flexibility index (Phi) is 3.70. The zero-order chi connectivity index (χ0) is 9.90. The lowest BCUT2D eigenvalue weighted by atomic mass is 10.00. The van der Waals surface area contributed by atoms with Gasteiger partial charge in [0, 0.05) is 0 Å². The molecular formula is C8H16O4S. The van der Waals surface area contributed by atoms with Crippen LogP contribution in [-0.2, 0) is 19.0 Å². The van der Waals surface area contributed by atoms with Crippen LogP contribution in [0.3, 0.4) is 0 Å². The van der Waals surface area contributed by atoms with Crippen LogP contribution in [0.5, 0.6) is 0 Å². The molecule has 0 N–H and O–H groups in total. The summed E-state index contributed by atoms with van der Waals surface area (Å²) in [6.07, 6.45) is 3.18. The van der Waals surface area contributed by atoms with Crippen molar-refractivity contribution in [2.24, 2.45) is 5.92 Å². The van der Waals surface area contributed by atoms with Crippen LogP contribution in [0.25, 0.3) is 0 Å². The van der Waals surface area contributed by atoms with Gasteiger partial charge in [0.25, 0.3) is 10.1 Å². The predicted octanol–water partition coefficient (Wildman–Crippen LogP) is 0.778. The lowest BCUT2D eigenvalue weighted by Gasteiger charge is -2.10. The molecule has 1 aliphatic heterocycles. The van der Waals surface area contributed by atoms with Crippen molar-refractivity contribution in [2.75, 3.05) is 19.5 Å². The first kappa shape index (κ1) is 10.9. The van der Waals surface area contributed by atoms with Crippen molar-refractivity contribution in [1.29, 1.82) is 0 Å². The van der Waals surface area contributed by atoms with Crippen molar-refractivity contribution in [3.8, 4) is 0 Å². The molecule has 1 unspecified atom stereocenters. The highest BCUT2D eigenvalue weighted by atomic mass is 32.2. The lowest BCUT2D eigenvalue weighted by Crippen LogP contribution is -2.12. The van der Waals surface area contributed by atoms with Crippen LogP contribution in [0.1, 0.15) is 19.8 Å². The normalized spacial score (nSPS) is 24.3. The third-order valence-electron chi connectivity index (χ3n) is 2.20. The zero-order valence-electron chi connectivity index (χ0n) is 8.02. The van der Waals surface area contributed by atoms with E-state index in [2.05, 4.69) is 11.1 Å². The summed E-state index contributed by atoms with van der Waals surface area (Å²) in [7, 11) is -3.27. The minimum absolute atomic E-state index is 0.275. The standard InChI is InChI=1S/C8H16O4S/c1-3-7(8-6-11-8)4-5-12-13(2,9)10/h7-8H,3-6H2,1-2H3/t7-,8?/m0/s1. The van der Waals surface area contributed by atoms with Gasteiger partial charge in [-0.05, 0) is 12.3 Å². The van der Waals surface area contributed by atoms with Gasteiger partial charge in [-0.2, -0.15) is 8.42 Å². The average Bonchev–Trinajstić information content (AvgIpc) is 2.78. The van der Waals surface area contributed by atoms with Gasteiger partial charge >= 0.3 is 0 Å². The van der Waals surface area contributed by atoms with E-state index >= 15 is 0 Å². The minimum Gasteiger partial charge on any atom is -0.373 e. The molecule has 0 bridgehead atoms. The Morgan fingerprint density at radius 1 is 1.62 bits per heavy atom. The van der Waals surface area contributed by atoms with Crippen LogP contribution in [-0.4, -0.2) is 34.0 Å². The summed E-state index contributed by atoms with van der Waals surface area (Å²) >= 11 is 0. The van der Waals surface area contributed by atoms with Crippen molar-refractivity contribution in [3.05, 3.63) is 0 Å². The van der Waals surface area contributed by atoms with Gasteiger partial charge in [-0.15, -0.1) is 0 Å². The van der Waals surface area contributed by atoms with Crippen molar-refractivity contribution in [2.45, 2.75) is 25.9 Å². The van der Waals surface area contributed by atoms with Crippen LogP contribution < -0.4 is 0 Å². The molecule has 0 aromatic rings. The lowest BCUT2D eigenvalue weighted by molar-refractivity contribution is 0.246. The van der Waals surface area contributed by atoms with Crippen molar-refractivity contribution in [1.82, 2.24) is 0 Å². The summed E-state index contributed by atoms with van der Waals surface area (Å²) in [5.74, 6) is 0.446. The molecule has 1 aliphatic rings. The van der Waals surface area contributed by atoms with E-state index in [9.17, 15) is 8.42 Å². The Balaban J connectivity index is 2.16. The summed E-state index contributed by atoms with van der Waals surface area (Å²) < 4.78 is 31.1. The maximum Gasteiger partial charge on any atom is 0.264 e. The summed E-state index contributed by atoms with van der Waals surface area (Å²) in [6, 6.07) is 0. The molecule has 13 heavy (non-hydrogen) atoms. The number of hydrogen-bond donors (Lipinski definition) is 0. The molecule has 1 fully saturated rings. The quantitative estimate of drug-likeness (QED) is 0.478. The number of rotatable bonds is 6. The summed E-state index contributed by atoms with van der Waals surface area (Å²) in [5.41, 5.74) is 0. The van der Waals surface area contributed by atoms with E-state index in [4.69, 9.17) is 4.74 Å². The van der Waals surface area contributed by atoms with Crippen LogP contribution in [0.15, 0.2) is 0 Å². The maximum absolute atomic E-state index is 10.6. The molecule has 0 aromatic heterocycles. The molecule has 1 heterocycles. The Bertz CT molecular complexity index is 243. The monoisotopic (exact) mass is 208 g/mol. The molecule has 0 aliphatic carbocycles. The number of ether oxygens (including phenoxy) is 1. The Hall–Kier alpha value is -0.130. The molecule has 1 saturated heterocycles. The number of epoxide rings is 1. The third kappa shape index (κ3) is 4.59. The van der Waals surface area contributed by atoms with E-state index < -0.39 is 10.1 Å². The summed E-state index contributed by atoms with van der Waals surface area (Å²) in [6.45, 7) is 3.17. The minimum atomic E-state index is -3.27. The van der Waals surface area contributed by atoms with E-state index in [0.717, 1.165) is 25.7 Å². The first-order chi connectivity index (χ1) is 6.03. The second-order valence-corrected chi connectivity index (χ2v) is 5.00. The second kappa shape index (κ2) is 4.39. The molecule has 78 valence electrons. The molecule has 4 nitrogen and oxygen atoms in total. The highest BCUT2D eigenvalue weighted by Crippen LogP contribution is 2.25. The van der Waals surface area contributed by atoms with Crippen molar-refractivity contribution < 1.29 is 17.3 Å². The van der Waals surface area contributed by atoms with Gasteiger partial charge in [0.15, 0.2) is 0 Å². The first-order valence-electron chi connectivity index (χ1n) is 4.49. The van der Waals surface area contributed by atoms with Crippen LogP contribution in [0.2, 0.25) is 0 Å². The molecule has 0 spiro atoms. The Labute approximate surface area is 79.3 Å². The second-order valence-electron chi connectivity index (χ2n) is 3.35. The van der Waals surface area contributed by atoms with Gasteiger partial charge in [0.05, 0.1) is 25.6 Å². The predicted molar refractivity (Wildman–Crippen MR) is 48.9 cm³/mol. The van der Waals surface area contributed by atoms with Gasteiger partial charge in [0.1, 0.15) is 0 Å². The van der Waals surface area contributed by atoms with Crippen LogP contribution in [0.4, 0.5) is 0 Å². The topological polar surface area (TPSA) is 55.9 Å². The Morgan fingerprint density at radius 2 is 2.23 bits per heavy atom. The van der Waals surface area contributed by atoms with E-state index in [1.807, 2.05) is 0 Å². The largest absolute Gasteiger partial charge is 0.373 e. The fourth-order valence-corrected chi connectivity index (χ4v) is 1.73. The van der Waals surface area contributed by atoms with E-state index in [1.165, 1.54) is 0 Å². The molecule has 0 aromatic carbocycles. The smallest absolute Gasteiger partial charge is 0.264 e. The molecule has 0 amide bonds. The van der Waals surface area contributed by atoms with Gasteiger partial charge < -0.3 is 4.74 Å². The summed E-state index contributed by atoms with van der Waals surface area (Å²) in [4.78, 5) is 0. The first-order valence-corrected chi connectivity index (χ1v) is 6.30. The third-order valence-corrected chi connectivity index (χ3v) is 2.79. The fraction of sp³-hybridized carbons (Fsp3) is 1.00. The van der Waals surface area contributed by atoms with Gasteiger partial charge in [-0.25, -0.2) is 0 Å². The molecule has 2 atom stereocenters. The highest BCUT2D eigenvalue weighted by Gasteiger charge is 2.31. The summed E-state index contributed by atoms with van der Waals surface area (Å²) in [5, 5.41) is 0. The van der Waals surface area contributed by atoms with E-state index in [1.54, 1.807) is 0 Å². The van der Waals surface area contributed by atoms with Gasteiger partial charge in [0.2, 0.25) is 0 Å². The van der Waals surface area contributed by atoms with E-state index in [-0.39, 0.29) is 6.61 Å². The molecular weight excluding hydrogens is 192 g/mol. The molecule has 1 rings (SSSR count). The molecule has 0 radical (unpaired) electrons. The van der Waals surface area contributed by atoms with E-state index in [0.29, 0.717) is 12.0 Å². The fourth-order valence-electron chi connectivity index (χ4n) is 1.33. The maximum atomic E-state index is 10.6. The molecule has 0 saturated carbocycles. The van der Waals surface area contributed by atoms with Crippen molar-refractivity contribution in [3.63, 3.8) is 0 Å². The number of hydrogen-bond acceptors (Lipinski definition) is 4. The SMILES string of the molecule is CC[C@@H](CCOS(C)(=O)=O)C1CO1. The Morgan fingerprint density at radius 3 is 2.62 bits per heavy atom. The highest BCUT2D eigenvalue weighted by molar-refractivity contribution is 7.85.